The predicted molar refractivity (Wildman–Crippen MR) is 484 cm³/mol. The predicted octanol–water partition coefficient (Wildman–Crippen LogP) is 28.0. The average molecular weight is 1800 g/mol. The summed E-state index contributed by atoms with van der Waals surface area (Å²) in [5, 5.41) is 0. The van der Waals surface area contributed by atoms with E-state index in [4.69, 9.17) is 4.74 Å². The molecule has 4 nitrogen and oxygen atoms in total. The van der Waals surface area contributed by atoms with Gasteiger partial charge in [-0.3, -0.25) is 0 Å². The van der Waals surface area contributed by atoms with E-state index in [0.717, 1.165) is 36.7 Å². The first-order valence-electron chi connectivity index (χ1n) is 38.4. The molecule has 10 aromatic rings. The first kappa shape index (κ1) is 104. The van der Waals surface area contributed by atoms with Crippen molar-refractivity contribution in [1.82, 2.24) is 0 Å². The zero-order chi connectivity index (χ0) is 88.4. The number of unbranched alkanes of at least 4 members (excludes halogenated alkanes) is 3. The van der Waals surface area contributed by atoms with Crippen LogP contribution in [0.3, 0.4) is 0 Å². The SMILES string of the molecule is CC(C)(C)c1ccc([S+](c2ccc(C(C)(C)C)cc2)C(F)(F)F)cc1.CCCC[S+](CCCC)CCCC.COc1c(C)cc([S+](c2ccccc2)C(F)(F)F)cc1C.C[S+](C)C.C[S+](C)c1ccccc1.Cc1cc([S+](c2ccccc2)c2ccccc2)cc(C)c1OS(=O)(=O)C(F)(F)F.FC(F)(F)[S+](c1ccccc1)c1ccccc1. The van der Waals surface area contributed by atoms with Gasteiger partial charge in [0.15, 0.2) is 81.6 Å². The van der Waals surface area contributed by atoms with Gasteiger partial charge in [0.05, 0.1) is 36.8 Å². The van der Waals surface area contributed by atoms with Crippen molar-refractivity contribution in [2.45, 2.75) is 210 Å². The van der Waals surface area contributed by atoms with E-state index in [1.807, 2.05) is 84.9 Å². The average Bonchev–Trinajstić information content (AvgIpc) is 0.793. The van der Waals surface area contributed by atoms with Gasteiger partial charge in [-0.15, -0.1) is 39.5 Å². The van der Waals surface area contributed by atoms with Crippen LogP contribution >= 0.6 is 0 Å². The molecule has 642 valence electrons. The van der Waals surface area contributed by atoms with Gasteiger partial charge in [-0.25, -0.2) is 0 Å². The van der Waals surface area contributed by atoms with Crippen LogP contribution in [0.2, 0.25) is 0 Å². The van der Waals surface area contributed by atoms with Crippen LogP contribution in [0.5, 0.6) is 11.5 Å². The van der Waals surface area contributed by atoms with Gasteiger partial charge in [0, 0.05) is 35.2 Å². The molecule has 0 amide bonds. The monoisotopic (exact) mass is 1790 g/mol. The van der Waals surface area contributed by atoms with Gasteiger partial charge < -0.3 is 8.92 Å². The van der Waals surface area contributed by atoms with Crippen LogP contribution in [-0.4, -0.2) is 86.1 Å². The van der Waals surface area contributed by atoms with E-state index in [2.05, 4.69) is 128 Å². The number of rotatable bonds is 22. The van der Waals surface area contributed by atoms with Crippen LogP contribution in [-0.2, 0) is 97.2 Å². The highest BCUT2D eigenvalue weighted by molar-refractivity contribution is 7.99. The first-order valence-corrected chi connectivity index (χ1v) is 50.9. The minimum Gasteiger partial charge on any atom is -0.496 e. The van der Waals surface area contributed by atoms with Gasteiger partial charge in [-0.2, -0.15) is 21.6 Å². The molecule has 0 fully saturated rings. The molecule has 118 heavy (non-hydrogen) atoms. The number of halogens is 12. The second kappa shape index (κ2) is 49.5. The Bertz CT molecular complexity index is 4380. The zero-order valence-corrected chi connectivity index (χ0v) is 77.6. The standard InChI is InChI=1S/C21H18F3O3S2.C21H26F3S.C16H16F3OS.C13H10F3S.C12H27S.C8H11S.C3H9S/c1-15-13-19(14-16(2)20(15)27-29(25,26)21(22,23)24)28(17-9-5-3-6-10-17)18-11-7-4-8-12-18;1-19(2,3)15-7-11-17(12-8-15)25(21(22,23)24)18-13-9-16(10-14-18)20(4,5)6;1-11-9-14(10-12(2)15(11)20-3)21(16(17,18)19)13-7-5-4-6-8-13;14-13(15,16)17(11-7-3-1-4-8-11)12-9-5-2-6-10-12;1-4-7-10-13(11-8-5-2)12-9-6-3;1-9(2)8-6-4-3-5-7-8;1-4(2)3/h3-14H,1-2H3;7-14H,1-6H3;4-10H,1-3H3;1-10H;4-12H2,1-3H3;3-7H,1-2H3;1-3H3/q7*+1. The van der Waals surface area contributed by atoms with Crippen molar-refractivity contribution in [1.29, 1.82) is 0 Å². The van der Waals surface area contributed by atoms with E-state index in [1.165, 1.54) is 118 Å². The Hall–Kier alpha value is -6.64. The molecule has 0 aromatic heterocycles. The lowest BCUT2D eigenvalue weighted by Gasteiger charge is -2.20. The van der Waals surface area contributed by atoms with Gasteiger partial charge in [0.1, 0.15) is 41.3 Å². The third kappa shape index (κ3) is 35.1. The zero-order valence-electron chi connectivity index (χ0n) is 71.0. The van der Waals surface area contributed by atoms with E-state index in [0.29, 0.717) is 69.4 Å². The summed E-state index contributed by atoms with van der Waals surface area (Å²) >= 11 is 0. The molecule has 10 rings (SSSR count). The minimum absolute atomic E-state index is 0.0796. The number of benzene rings is 10. The summed E-state index contributed by atoms with van der Waals surface area (Å²) in [4.78, 5) is 6.12. The molecule has 0 spiro atoms. The fraction of sp³-hybridized carbons (Fsp3) is 0.362. The topological polar surface area (TPSA) is 52.6 Å². The van der Waals surface area contributed by atoms with Crippen molar-refractivity contribution in [3.63, 3.8) is 0 Å². The van der Waals surface area contributed by atoms with Crippen molar-refractivity contribution < 1.29 is 70.0 Å². The summed E-state index contributed by atoms with van der Waals surface area (Å²) in [7, 11) is -8.64. The summed E-state index contributed by atoms with van der Waals surface area (Å²) in [5.41, 5.74) is -14.4. The largest absolute Gasteiger partial charge is 0.586 e. The Kier molecular flexibility index (Phi) is 43.5. The normalized spacial score (nSPS) is 12.1. The fourth-order valence-electron chi connectivity index (χ4n) is 11.3. The van der Waals surface area contributed by atoms with Crippen LogP contribution in [0.15, 0.2) is 304 Å². The first-order chi connectivity index (χ1) is 55.2. The fourth-order valence-corrected chi connectivity index (χ4v) is 22.7. The van der Waals surface area contributed by atoms with E-state index in [-0.39, 0.29) is 26.4 Å². The number of methoxy groups -OCH3 is 1. The summed E-state index contributed by atoms with van der Waals surface area (Å²) in [6.07, 6.45) is 19.5. The molecule has 0 N–H and O–H groups in total. The van der Waals surface area contributed by atoms with Crippen LogP contribution in [0.1, 0.15) is 134 Å². The summed E-state index contributed by atoms with van der Waals surface area (Å²) in [6.45, 7) is 25.8. The lowest BCUT2D eigenvalue weighted by Crippen LogP contribution is -2.28. The summed E-state index contributed by atoms with van der Waals surface area (Å²) < 4.78 is 192. The maximum absolute atomic E-state index is 13.8. The molecule has 0 saturated carbocycles. The number of aryl methyl sites for hydroxylation is 4. The van der Waals surface area contributed by atoms with E-state index < -0.39 is 75.7 Å². The van der Waals surface area contributed by atoms with Crippen molar-refractivity contribution in [3.8, 4) is 11.5 Å². The molecule has 10 aromatic carbocycles. The molecule has 1 atom stereocenters. The maximum atomic E-state index is 13.8. The number of alkyl halides is 12. The quantitative estimate of drug-likeness (QED) is 0.0294. The third-order valence-electron chi connectivity index (χ3n) is 17.1. The van der Waals surface area contributed by atoms with Crippen molar-refractivity contribution in [2.75, 3.05) is 55.6 Å². The highest BCUT2D eigenvalue weighted by atomic mass is 32.2. The van der Waals surface area contributed by atoms with E-state index in [9.17, 15) is 61.1 Å². The molecule has 0 aliphatic heterocycles. The Morgan fingerprint density at radius 2 is 0.559 bits per heavy atom. The number of hydrogen-bond donors (Lipinski definition) is 0. The van der Waals surface area contributed by atoms with Gasteiger partial charge in [0.25, 0.3) is 0 Å². The lowest BCUT2D eigenvalue weighted by molar-refractivity contribution is -0.0501. The van der Waals surface area contributed by atoms with Crippen LogP contribution in [0.25, 0.3) is 0 Å². The molecule has 0 radical (unpaired) electrons. The molecule has 0 bridgehead atoms. The summed E-state index contributed by atoms with van der Waals surface area (Å²) in [6, 6.07) is 74.2. The molecular formula is C94H117F12O4S8+7. The van der Waals surface area contributed by atoms with Crippen LogP contribution < -0.4 is 8.92 Å². The molecule has 0 aliphatic carbocycles. The van der Waals surface area contributed by atoms with Crippen molar-refractivity contribution in [3.05, 3.63) is 288 Å². The Morgan fingerprint density at radius 3 is 0.788 bits per heavy atom. The minimum atomic E-state index is -5.73. The second-order valence-electron chi connectivity index (χ2n) is 29.8. The van der Waals surface area contributed by atoms with Gasteiger partial charge >= 0.3 is 32.2 Å². The smallest absolute Gasteiger partial charge is 0.496 e. The van der Waals surface area contributed by atoms with Crippen LogP contribution in [0.4, 0.5) is 52.7 Å². The molecule has 1 unspecified atom stereocenters. The highest BCUT2D eigenvalue weighted by Crippen LogP contribution is 2.44. The van der Waals surface area contributed by atoms with Crippen molar-refractivity contribution >= 4 is 86.4 Å². The highest BCUT2D eigenvalue weighted by Gasteiger charge is 2.57. The molecule has 24 heteroatoms. The Balaban J connectivity index is 0.000000304. The van der Waals surface area contributed by atoms with Crippen molar-refractivity contribution in [2.24, 2.45) is 0 Å². The lowest BCUT2D eigenvalue weighted by atomic mass is 9.87. The molecular weight excluding hydrogens is 1680 g/mol. The number of hydrogen-bond acceptors (Lipinski definition) is 4. The van der Waals surface area contributed by atoms with Gasteiger partial charge in [-0.05, 0) is 210 Å². The molecule has 0 heterocycles. The number of ether oxygens (including phenoxy) is 1. The Labute approximate surface area is 716 Å². The van der Waals surface area contributed by atoms with Crippen LogP contribution in [0, 0.1) is 27.7 Å². The third-order valence-corrected chi connectivity index (χ3v) is 29.9. The molecule has 0 aliphatic rings. The van der Waals surface area contributed by atoms with Gasteiger partial charge in [-0.1, -0.05) is 215 Å². The van der Waals surface area contributed by atoms with E-state index >= 15 is 0 Å². The van der Waals surface area contributed by atoms with Gasteiger partial charge in [0.2, 0.25) is 0 Å². The second-order valence-corrected chi connectivity index (χ2v) is 46.4. The van der Waals surface area contributed by atoms with E-state index in [1.54, 1.807) is 117 Å². The maximum Gasteiger partial charge on any atom is 0.586 e. The molecule has 0 saturated heterocycles. The summed E-state index contributed by atoms with van der Waals surface area (Å²) in [5.74, 6) is 4.87. The Morgan fingerprint density at radius 1 is 0.322 bits per heavy atom.